The van der Waals surface area contributed by atoms with E-state index in [-0.39, 0.29) is 10.7 Å². The summed E-state index contributed by atoms with van der Waals surface area (Å²) in [7, 11) is -3.30. The van der Waals surface area contributed by atoms with Gasteiger partial charge in [0.1, 0.15) is 6.33 Å². The van der Waals surface area contributed by atoms with E-state index in [0.29, 0.717) is 5.69 Å². The zero-order chi connectivity index (χ0) is 13.2. The van der Waals surface area contributed by atoms with Crippen LogP contribution in [0.3, 0.4) is 0 Å². The number of H-pyrrole nitrogens is 1. The summed E-state index contributed by atoms with van der Waals surface area (Å²) in [6, 6.07) is 5.97. The molecule has 8 heteroatoms. The van der Waals surface area contributed by atoms with E-state index in [1.165, 1.54) is 18.5 Å². The second-order valence-corrected chi connectivity index (χ2v) is 5.60. The quantitative estimate of drug-likeness (QED) is 0.839. The Morgan fingerprint density at radius 2 is 2.17 bits per heavy atom. The smallest absolute Gasteiger partial charge is 0.292 e. The van der Waals surface area contributed by atoms with Crippen LogP contribution in [-0.4, -0.2) is 35.8 Å². The van der Waals surface area contributed by atoms with Crippen LogP contribution in [0.15, 0.2) is 35.5 Å². The van der Waals surface area contributed by atoms with Crippen LogP contribution in [0.4, 0.5) is 5.69 Å². The molecule has 2 aromatic rings. The third kappa shape index (κ3) is 2.72. The van der Waals surface area contributed by atoms with Gasteiger partial charge < -0.3 is 5.32 Å². The van der Waals surface area contributed by atoms with Crippen LogP contribution in [0.1, 0.15) is 10.6 Å². The summed E-state index contributed by atoms with van der Waals surface area (Å²) in [6.07, 6.45) is 2.31. The highest BCUT2D eigenvalue weighted by molar-refractivity contribution is 7.90. The summed E-state index contributed by atoms with van der Waals surface area (Å²) < 4.78 is 22.7. The first-order valence-electron chi connectivity index (χ1n) is 4.93. The Bertz CT molecular complexity index is 664. The van der Waals surface area contributed by atoms with Crippen molar-refractivity contribution in [1.82, 2.24) is 15.2 Å². The summed E-state index contributed by atoms with van der Waals surface area (Å²) >= 11 is 0. The molecule has 0 bridgehead atoms. The molecule has 1 aromatic carbocycles. The van der Waals surface area contributed by atoms with E-state index in [9.17, 15) is 13.2 Å². The summed E-state index contributed by atoms with van der Waals surface area (Å²) in [4.78, 5) is 15.5. The van der Waals surface area contributed by atoms with Crippen molar-refractivity contribution in [1.29, 1.82) is 0 Å². The van der Waals surface area contributed by atoms with Gasteiger partial charge in [-0.1, -0.05) is 6.07 Å². The normalized spacial score (nSPS) is 11.2. The minimum Gasteiger partial charge on any atom is -0.319 e. The Hall–Kier alpha value is -2.22. The number of carbonyl (C=O) groups is 1. The lowest BCUT2D eigenvalue weighted by Crippen LogP contribution is -2.14. The Kier molecular flexibility index (Phi) is 3.11. The molecule has 0 radical (unpaired) electrons. The van der Waals surface area contributed by atoms with E-state index in [4.69, 9.17) is 0 Å². The van der Waals surface area contributed by atoms with Crippen molar-refractivity contribution >= 4 is 21.4 Å². The van der Waals surface area contributed by atoms with Gasteiger partial charge in [-0.15, -0.1) is 0 Å². The fourth-order valence-electron chi connectivity index (χ4n) is 1.31. The van der Waals surface area contributed by atoms with E-state index >= 15 is 0 Å². The van der Waals surface area contributed by atoms with Gasteiger partial charge in [-0.05, 0) is 18.2 Å². The molecule has 0 saturated carbocycles. The van der Waals surface area contributed by atoms with Crippen molar-refractivity contribution < 1.29 is 13.2 Å². The first-order chi connectivity index (χ1) is 8.47. The summed E-state index contributed by atoms with van der Waals surface area (Å²) in [5, 5.41) is 8.48. The fourth-order valence-corrected chi connectivity index (χ4v) is 1.98. The molecule has 0 atom stereocenters. The molecule has 7 nitrogen and oxygen atoms in total. The zero-order valence-corrected chi connectivity index (χ0v) is 10.2. The minimum absolute atomic E-state index is 0.0553. The zero-order valence-electron chi connectivity index (χ0n) is 9.41. The lowest BCUT2D eigenvalue weighted by Gasteiger charge is -2.04. The van der Waals surface area contributed by atoms with Gasteiger partial charge in [0.25, 0.3) is 5.91 Å². The van der Waals surface area contributed by atoms with Crippen molar-refractivity contribution in [3.05, 3.63) is 36.4 Å². The van der Waals surface area contributed by atoms with Crippen LogP contribution >= 0.6 is 0 Å². The molecule has 0 aliphatic rings. The number of sulfone groups is 1. The van der Waals surface area contributed by atoms with Gasteiger partial charge in [0.15, 0.2) is 9.84 Å². The molecule has 0 unspecified atom stereocenters. The number of carbonyl (C=O) groups excluding carboxylic acids is 1. The molecular weight excluding hydrogens is 256 g/mol. The lowest BCUT2D eigenvalue weighted by atomic mass is 10.3. The van der Waals surface area contributed by atoms with Gasteiger partial charge in [0.05, 0.1) is 4.90 Å². The van der Waals surface area contributed by atoms with Crippen molar-refractivity contribution in [2.24, 2.45) is 0 Å². The van der Waals surface area contributed by atoms with Crippen LogP contribution in [0.25, 0.3) is 0 Å². The molecule has 0 saturated heterocycles. The molecule has 1 amide bonds. The third-order valence-corrected chi connectivity index (χ3v) is 3.26. The Morgan fingerprint density at radius 3 is 2.78 bits per heavy atom. The second-order valence-electron chi connectivity index (χ2n) is 3.59. The minimum atomic E-state index is -3.30. The number of nitrogens with one attached hydrogen (secondary N) is 2. The molecule has 0 aliphatic heterocycles. The molecule has 94 valence electrons. The van der Waals surface area contributed by atoms with Crippen LogP contribution in [0.2, 0.25) is 0 Å². The largest absolute Gasteiger partial charge is 0.319 e. The fraction of sp³-hybridized carbons (Fsp3) is 0.100. The predicted molar refractivity (Wildman–Crippen MR) is 63.9 cm³/mol. The standard InChI is InChI=1S/C10H10N4O3S/c1-18(16,17)8-4-2-3-7(5-8)13-10(15)9-11-6-12-14-9/h2-6H,1H3,(H,13,15)(H,11,12,14). The molecule has 0 spiro atoms. The predicted octanol–water partition coefficient (Wildman–Crippen LogP) is 0.461. The lowest BCUT2D eigenvalue weighted by molar-refractivity contribution is 0.101. The molecule has 2 rings (SSSR count). The maximum atomic E-state index is 11.6. The topological polar surface area (TPSA) is 105 Å². The van der Waals surface area contributed by atoms with E-state index in [1.54, 1.807) is 12.1 Å². The maximum absolute atomic E-state index is 11.6. The van der Waals surface area contributed by atoms with E-state index in [0.717, 1.165) is 6.26 Å². The number of anilines is 1. The monoisotopic (exact) mass is 266 g/mol. The van der Waals surface area contributed by atoms with E-state index < -0.39 is 15.7 Å². The summed E-state index contributed by atoms with van der Waals surface area (Å²) in [5.74, 6) is -0.432. The molecular formula is C10H10N4O3S. The molecule has 2 N–H and O–H groups in total. The summed E-state index contributed by atoms with van der Waals surface area (Å²) in [6.45, 7) is 0. The molecule has 0 fully saturated rings. The number of rotatable bonds is 3. The molecule has 1 aromatic heterocycles. The van der Waals surface area contributed by atoms with Crippen molar-refractivity contribution in [3.8, 4) is 0 Å². The van der Waals surface area contributed by atoms with E-state index in [1.807, 2.05) is 0 Å². The van der Waals surface area contributed by atoms with Crippen LogP contribution < -0.4 is 5.32 Å². The van der Waals surface area contributed by atoms with Crippen LogP contribution in [0.5, 0.6) is 0 Å². The number of benzene rings is 1. The highest BCUT2D eigenvalue weighted by atomic mass is 32.2. The van der Waals surface area contributed by atoms with Crippen LogP contribution in [-0.2, 0) is 9.84 Å². The highest BCUT2D eigenvalue weighted by Crippen LogP contribution is 2.15. The summed E-state index contributed by atoms with van der Waals surface area (Å²) in [5.41, 5.74) is 0.374. The Morgan fingerprint density at radius 1 is 1.39 bits per heavy atom. The SMILES string of the molecule is CS(=O)(=O)c1cccc(NC(=O)c2ncn[nH]2)c1. The van der Waals surface area contributed by atoms with Crippen molar-refractivity contribution in [2.45, 2.75) is 4.90 Å². The first kappa shape index (κ1) is 12.2. The molecule has 0 aliphatic carbocycles. The average Bonchev–Trinajstić information content (AvgIpc) is 2.81. The number of hydrogen-bond acceptors (Lipinski definition) is 5. The maximum Gasteiger partial charge on any atom is 0.292 e. The first-order valence-corrected chi connectivity index (χ1v) is 6.83. The Labute approximate surface area is 103 Å². The molecule has 1 heterocycles. The van der Waals surface area contributed by atoms with Crippen molar-refractivity contribution in [3.63, 3.8) is 0 Å². The van der Waals surface area contributed by atoms with Crippen LogP contribution in [0, 0.1) is 0 Å². The van der Waals surface area contributed by atoms with Gasteiger partial charge in [-0.2, -0.15) is 5.10 Å². The molecule has 18 heavy (non-hydrogen) atoms. The van der Waals surface area contributed by atoms with E-state index in [2.05, 4.69) is 20.5 Å². The average molecular weight is 266 g/mol. The van der Waals surface area contributed by atoms with Gasteiger partial charge in [-0.3, -0.25) is 9.89 Å². The Balaban J connectivity index is 2.23. The number of hydrogen-bond donors (Lipinski definition) is 2. The number of amides is 1. The van der Waals surface area contributed by atoms with Gasteiger partial charge in [-0.25, -0.2) is 13.4 Å². The van der Waals surface area contributed by atoms with Gasteiger partial charge >= 0.3 is 0 Å². The number of nitrogens with zero attached hydrogens (tertiary/aromatic N) is 2. The number of aromatic amines is 1. The van der Waals surface area contributed by atoms with Crippen molar-refractivity contribution in [2.75, 3.05) is 11.6 Å². The third-order valence-electron chi connectivity index (χ3n) is 2.15. The van der Waals surface area contributed by atoms with Gasteiger partial charge in [0, 0.05) is 11.9 Å². The van der Waals surface area contributed by atoms with Gasteiger partial charge in [0.2, 0.25) is 5.82 Å². The number of aromatic nitrogens is 3. The second kappa shape index (κ2) is 4.57. The highest BCUT2D eigenvalue weighted by Gasteiger charge is 2.11.